The summed E-state index contributed by atoms with van der Waals surface area (Å²) in [6.45, 7) is 1.37. The highest BCUT2D eigenvalue weighted by molar-refractivity contribution is 8.17. The first-order valence-electron chi connectivity index (χ1n) is 2.67. The van der Waals surface area contributed by atoms with Crippen molar-refractivity contribution in [2.24, 2.45) is 4.99 Å². The SMILES string of the molecule is CC1=C(S(=O)(=O)Cl)C=NC1=O. The Morgan fingerprint density at radius 1 is 1.55 bits per heavy atom. The molecule has 1 rings (SSSR count). The lowest BCUT2D eigenvalue weighted by atomic mass is 10.3. The molecule has 4 nitrogen and oxygen atoms in total. The van der Waals surface area contributed by atoms with Crippen molar-refractivity contribution >= 4 is 31.9 Å². The topological polar surface area (TPSA) is 63.6 Å². The van der Waals surface area contributed by atoms with Crippen LogP contribution in [0.2, 0.25) is 0 Å². The fourth-order valence-electron chi connectivity index (χ4n) is 0.662. The predicted molar refractivity (Wildman–Crippen MR) is 41.0 cm³/mol. The Labute approximate surface area is 68.0 Å². The van der Waals surface area contributed by atoms with E-state index >= 15 is 0 Å². The molecule has 0 spiro atoms. The van der Waals surface area contributed by atoms with E-state index in [-0.39, 0.29) is 10.5 Å². The van der Waals surface area contributed by atoms with Gasteiger partial charge in [-0.25, -0.2) is 13.4 Å². The van der Waals surface area contributed by atoms with Crippen molar-refractivity contribution < 1.29 is 13.2 Å². The van der Waals surface area contributed by atoms with Gasteiger partial charge in [0.25, 0.3) is 15.0 Å². The molecular formula is C5H4ClNO3S. The molecule has 60 valence electrons. The molecule has 0 aliphatic carbocycles. The van der Waals surface area contributed by atoms with Gasteiger partial charge in [-0.15, -0.1) is 0 Å². The monoisotopic (exact) mass is 193 g/mol. The zero-order valence-electron chi connectivity index (χ0n) is 5.54. The lowest BCUT2D eigenvalue weighted by Gasteiger charge is -1.91. The summed E-state index contributed by atoms with van der Waals surface area (Å²) in [4.78, 5) is 13.7. The number of halogens is 1. The minimum absolute atomic E-state index is 0.0694. The van der Waals surface area contributed by atoms with Gasteiger partial charge in [0.1, 0.15) is 4.91 Å². The standard InChI is InChI=1S/C5H4ClNO3S/c1-3-4(11(6,9)10)2-7-5(3)8/h2H,1H3. The van der Waals surface area contributed by atoms with Gasteiger partial charge in [-0.1, -0.05) is 0 Å². The normalized spacial score (nSPS) is 18.2. The summed E-state index contributed by atoms with van der Waals surface area (Å²) in [5.74, 6) is -0.552. The molecule has 11 heavy (non-hydrogen) atoms. The highest BCUT2D eigenvalue weighted by Crippen LogP contribution is 2.19. The van der Waals surface area contributed by atoms with Crippen LogP contribution < -0.4 is 0 Å². The van der Waals surface area contributed by atoms with Crippen molar-refractivity contribution in [3.8, 4) is 0 Å². The number of nitrogens with zero attached hydrogens (tertiary/aromatic N) is 1. The van der Waals surface area contributed by atoms with Crippen molar-refractivity contribution in [2.45, 2.75) is 6.92 Å². The maximum absolute atomic E-state index is 10.7. The minimum atomic E-state index is -3.80. The van der Waals surface area contributed by atoms with E-state index in [0.29, 0.717) is 0 Å². The predicted octanol–water partition coefficient (Wildman–Crippen LogP) is 0.440. The first kappa shape index (κ1) is 8.42. The van der Waals surface area contributed by atoms with Crippen LogP contribution in [-0.4, -0.2) is 20.5 Å². The Hall–Kier alpha value is -0.680. The maximum atomic E-state index is 10.7. The van der Waals surface area contributed by atoms with E-state index in [4.69, 9.17) is 10.7 Å². The Kier molecular flexibility index (Phi) is 1.85. The Balaban J connectivity index is 3.30. The van der Waals surface area contributed by atoms with E-state index < -0.39 is 15.0 Å². The molecule has 0 N–H and O–H groups in total. The molecule has 0 atom stereocenters. The number of allylic oxidation sites excluding steroid dienone is 1. The average Bonchev–Trinajstić information content (AvgIpc) is 2.11. The molecule has 0 radical (unpaired) electrons. The van der Waals surface area contributed by atoms with E-state index in [0.717, 1.165) is 6.21 Å². The molecule has 0 saturated heterocycles. The summed E-state index contributed by atoms with van der Waals surface area (Å²) in [5.41, 5.74) is 0.0694. The van der Waals surface area contributed by atoms with E-state index in [1.807, 2.05) is 0 Å². The number of carbonyl (C=O) groups excluding carboxylic acids is 1. The van der Waals surface area contributed by atoms with Crippen molar-refractivity contribution in [3.05, 3.63) is 10.5 Å². The second-order valence-electron chi connectivity index (χ2n) is 1.99. The number of carbonyl (C=O) groups is 1. The molecule has 1 aliphatic heterocycles. The van der Waals surface area contributed by atoms with Crippen LogP contribution in [0.3, 0.4) is 0 Å². The highest BCUT2D eigenvalue weighted by atomic mass is 35.7. The average molecular weight is 194 g/mol. The van der Waals surface area contributed by atoms with Crippen LogP contribution in [0.15, 0.2) is 15.5 Å². The first-order chi connectivity index (χ1) is 4.93. The van der Waals surface area contributed by atoms with Crippen LogP contribution in [0.5, 0.6) is 0 Å². The van der Waals surface area contributed by atoms with Gasteiger partial charge in [-0.2, -0.15) is 0 Å². The summed E-state index contributed by atoms with van der Waals surface area (Å²) in [6, 6.07) is 0. The molecule has 0 saturated carbocycles. The van der Waals surface area contributed by atoms with Gasteiger partial charge in [0.05, 0.1) is 6.21 Å². The second kappa shape index (κ2) is 2.42. The van der Waals surface area contributed by atoms with Crippen LogP contribution >= 0.6 is 10.7 Å². The number of rotatable bonds is 1. The van der Waals surface area contributed by atoms with Crippen molar-refractivity contribution in [1.29, 1.82) is 0 Å². The molecule has 0 bridgehead atoms. The van der Waals surface area contributed by atoms with Gasteiger partial charge in [0.2, 0.25) is 0 Å². The Morgan fingerprint density at radius 2 is 2.09 bits per heavy atom. The molecule has 0 aromatic heterocycles. The van der Waals surface area contributed by atoms with E-state index in [1.54, 1.807) is 0 Å². The summed E-state index contributed by atoms with van der Waals surface area (Å²) in [5, 5.41) is 0. The van der Waals surface area contributed by atoms with Crippen LogP contribution in [-0.2, 0) is 13.8 Å². The number of amides is 1. The number of hydrogen-bond donors (Lipinski definition) is 0. The van der Waals surface area contributed by atoms with Crippen LogP contribution in [0, 0.1) is 0 Å². The van der Waals surface area contributed by atoms with Crippen molar-refractivity contribution in [2.75, 3.05) is 0 Å². The fraction of sp³-hybridized carbons (Fsp3) is 0.200. The molecule has 0 aromatic rings. The number of aliphatic imine (C=N–C) groups is 1. The summed E-state index contributed by atoms with van der Waals surface area (Å²) >= 11 is 0. The molecule has 1 heterocycles. The quantitative estimate of drug-likeness (QED) is 0.568. The summed E-state index contributed by atoms with van der Waals surface area (Å²) < 4.78 is 21.3. The zero-order valence-corrected chi connectivity index (χ0v) is 7.11. The van der Waals surface area contributed by atoms with E-state index in [1.165, 1.54) is 6.92 Å². The fourth-order valence-corrected chi connectivity index (χ4v) is 1.76. The molecule has 1 amide bonds. The molecular weight excluding hydrogens is 190 g/mol. The molecule has 6 heteroatoms. The van der Waals surface area contributed by atoms with Crippen molar-refractivity contribution in [3.63, 3.8) is 0 Å². The lowest BCUT2D eigenvalue weighted by Crippen LogP contribution is -1.98. The molecule has 0 fully saturated rings. The second-order valence-corrected chi connectivity index (χ2v) is 4.52. The van der Waals surface area contributed by atoms with Crippen LogP contribution in [0.25, 0.3) is 0 Å². The van der Waals surface area contributed by atoms with Crippen LogP contribution in [0.1, 0.15) is 6.92 Å². The van der Waals surface area contributed by atoms with Crippen molar-refractivity contribution in [1.82, 2.24) is 0 Å². The van der Waals surface area contributed by atoms with Gasteiger partial charge in [0, 0.05) is 16.3 Å². The number of hydrogen-bond acceptors (Lipinski definition) is 3. The molecule has 0 unspecified atom stereocenters. The Morgan fingerprint density at radius 3 is 2.27 bits per heavy atom. The zero-order chi connectivity index (χ0) is 8.65. The van der Waals surface area contributed by atoms with Gasteiger partial charge in [-0.05, 0) is 6.92 Å². The lowest BCUT2D eigenvalue weighted by molar-refractivity contribution is -0.114. The van der Waals surface area contributed by atoms with Gasteiger partial charge in [-0.3, -0.25) is 4.79 Å². The van der Waals surface area contributed by atoms with Crippen LogP contribution in [0.4, 0.5) is 0 Å². The highest BCUT2D eigenvalue weighted by Gasteiger charge is 2.23. The summed E-state index contributed by atoms with van der Waals surface area (Å²) in [7, 11) is 1.17. The largest absolute Gasteiger partial charge is 0.274 e. The van der Waals surface area contributed by atoms with Gasteiger partial charge >= 0.3 is 0 Å². The third-order valence-electron chi connectivity index (χ3n) is 1.25. The molecule has 1 aliphatic rings. The first-order valence-corrected chi connectivity index (χ1v) is 4.98. The smallest absolute Gasteiger partial charge is 0.267 e. The maximum Gasteiger partial charge on any atom is 0.274 e. The molecule has 0 aromatic carbocycles. The third kappa shape index (κ3) is 1.49. The Bertz CT molecular complexity index is 365. The van der Waals surface area contributed by atoms with Gasteiger partial charge < -0.3 is 0 Å². The summed E-state index contributed by atoms with van der Waals surface area (Å²) in [6.07, 6.45) is 0.958. The van der Waals surface area contributed by atoms with E-state index in [2.05, 4.69) is 4.99 Å². The van der Waals surface area contributed by atoms with Gasteiger partial charge in [0.15, 0.2) is 0 Å². The minimum Gasteiger partial charge on any atom is -0.267 e. The van der Waals surface area contributed by atoms with E-state index in [9.17, 15) is 13.2 Å². The third-order valence-corrected chi connectivity index (χ3v) is 2.69.